The van der Waals surface area contributed by atoms with E-state index in [1.54, 1.807) is 0 Å². The fraction of sp³-hybridized carbons (Fsp3) is 0.0909. The first-order valence-corrected chi connectivity index (χ1v) is 17.7. The zero-order valence-corrected chi connectivity index (χ0v) is 27.8. The fourth-order valence-corrected chi connectivity index (χ4v) is 9.01. The van der Waals surface area contributed by atoms with Gasteiger partial charge in [-0.3, -0.25) is 0 Å². The van der Waals surface area contributed by atoms with Crippen molar-refractivity contribution in [3.63, 3.8) is 0 Å². The molecule has 0 bridgehead atoms. The number of benzene rings is 8. The van der Waals surface area contributed by atoms with Gasteiger partial charge >= 0.3 is 8.16 Å². The van der Waals surface area contributed by atoms with Gasteiger partial charge in [0, 0.05) is 22.9 Å². The fourth-order valence-electron chi connectivity index (χ4n) is 7.31. The molecule has 0 aliphatic carbocycles. The Kier molecular flexibility index (Phi) is 7.04. The lowest BCUT2D eigenvalue weighted by molar-refractivity contribution is 0.559. The molecular weight excluding hydrogens is 605 g/mol. The second-order valence-electron chi connectivity index (χ2n) is 12.7. The molecule has 0 saturated heterocycles. The van der Waals surface area contributed by atoms with E-state index in [1.807, 2.05) is 0 Å². The highest BCUT2D eigenvalue weighted by Crippen LogP contribution is 2.48. The van der Waals surface area contributed by atoms with Gasteiger partial charge in [0.15, 0.2) is 0 Å². The van der Waals surface area contributed by atoms with Crippen molar-refractivity contribution in [2.75, 3.05) is 4.67 Å². The van der Waals surface area contributed by atoms with Crippen molar-refractivity contribution < 1.29 is 8.39 Å². The minimum Gasteiger partial charge on any atom is -0.408 e. The maximum absolute atomic E-state index is 7.19. The van der Waals surface area contributed by atoms with E-state index < -0.39 is 8.16 Å². The second-order valence-corrected chi connectivity index (χ2v) is 14.0. The van der Waals surface area contributed by atoms with Gasteiger partial charge in [-0.1, -0.05) is 133 Å². The summed E-state index contributed by atoms with van der Waals surface area (Å²) in [6.07, 6.45) is 0. The molecule has 0 radical (unpaired) electrons. The van der Waals surface area contributed by atoms with E-state index in [0.717, 1.165) is 32.7 Å². The van der Waals surface area contributed by atoms with E-state index in [4.69, 9.17) is 8.39 Å². The van der Waals surface area contributed by atoms with Crippen LogP contribution in [0.3, 0.4) is 0 Å². The molecule has 0 aliphatic rings. The molecule has 0 N–H and O–H groups in total. The first-order valence-electron chi connectivity index (χ1n) is 16.6. The molecule has 0 fully saturated rings. The van der Waals surface area contributed by atoms with Gasteiger partial charge in [-0.25, -0.2) is 0 Å². The van der Waals surface area contributed by atoms with Crippen LogP contribution in [0, 0.1) is 0 Å². The SMILES string of the molecule is C[C@H](c1ccc2ccccc2c1)N([C@H](C)c1ccc2ccccc2c1)p1oc2ccc3ccccc3c2c2c(ccc3ccccc32)o1. The molecule has 232 valence electrons. The lowest BCUT2D eigenvalue weighted by Gasteiger charge is -2.32. The molecule has 4 heteroatoms. The smallest absolute Gasteiger partial charge is 0.310 e. The highest BCUT2D eigenvalue weighted by atomic mass is 31.1. The first kappa shape index (κ1) is 28.8. The number of hydrogen-bond donors (Lipinski definition) is 0. The van der Waals surface area contributed by atoms with Gasteiger partial charge in [-0.15, -0.1) is 0 Å². The second kappa shape index (κ2) is 11.7. The predicted octanol–water partition coefficient (Wildman–Crippen LogP) is 13.4. The van der Waals surface area contributed by atoms with E-state index in [2.05, 4.69) is 176 Å². The zero-order chi connectivity index (χ0) is 32.2. The van der Waals surface area contributed by atoms with Gasteiger partial charge in [0.25, 0.3) is 0 Å². The summed E-state index contributed by atoms with van der Waals surface area (Å²) in [5.41, 5.74) is 4.13. The van der Waals surface area contributed by atoms with E-state index >= 15 is 0 Å². The minimum absolute atomic E-state index is 0.0203. The molecule has 9 aromatic rings. The third-order valence-corrected chi connectivity index (χ3v) is 11.7. The van der Waals surface area contributed by atoms with E-state index in [9.17, 15) is 0 Å². The number of fused-ring (bicyclic) bond motifs is 9. The summed E-state index contributed by atoms with van der Waals surface area (Å²) >= 11 is 0. The Morgan fingerprint density at radius 2 is 0.792 bits per heavy atom. The van der Waals surface area contributed by atoms with Gasteiger partial charge in [-0.2, -0.15) is 4.67 Å². The monoisotopic (exact) mass is 639 g/mol. The van der Waals surface area contributed by atoms with Gasteiger partial charge in [-0.05, 0) is 92.3 Å². The van der Waals surface area contributed by atoms with Crippen LogP contribution in [-0.4, -0.2) is 0 Å². The van der Waals surface area contributed by atoms with Gasteiger partial charge in [0.2, 0.25) is 0 Å². The molecular formula is C44H34NO2P. The highest BCUT2D eigenvalue weighted by molar-refractivity contribution is 7.39. The Morgan fingerprint density at radius 1 is 0.417 bits per heavy atom. The van der Waals surface area contributed by atoms with Crippen LogP contribution in [0.15, 0.2) is 166 Å². The molecule has 8 aromatic carbocycles. The van der Waals surface area contributed by atoms with Crippen LogP contribution in [0.25, 0.3) is 65.0 Å². The van der Waals surface area contributed by atoms with E-state index in [0.29, 0.717) is 0 Å². The summed E-state index contributed by atoms with van der Waals surface area (Å²) in [6.45, 7) is 4.56. The number of hydrogen-bond acceptors (Lipinski definition) is 3. The van der Waals surface area contributed by atoms with Crippen LogP contribution >= 0.6 is 8.16 Å². The average Bonchev–Trinajstić information content (AvgIpc) is 3.31. The largest absolute Gasteiger partial charge is 0.408 e. The summed E-state index contributed by atoms with van der Waals surface area (Å²) in [7, 11) is -1.62. The molecule has 48 heavy (non-hydrogen) atoms. The van der Waals surface area contributed by atoms with Crippen molar-refractivity contribution in [2.24, 2.45) is 0 Å². The molecule has 2 atom stereocenters. The Hall–Kier alpha value is -5.34. The Bertz CT molecular complexity index is 2510. The summed E-state index contributed by atoms with van der Waals surface area (Å²) < 4.78 is 16.8. The van der Waals surface area contributed by atoms with Crippen LogP contribution in [-0.2, 0) is 0 Å². The van der Waals surface area contributed by atoms with Crippen molar-refractivity contribution in [1.82, 2.24) is 0 Å². The van der Waals surface area contributed by atoms with Crippen molar-refractivity contribution in [2.45, 2.75) is 25.9 Å². The summed E-state index contributed by atoms with van der Waals surface area (Å²) in [6, 6.07) is 56.4. The van der Waals surface area contributed by atoms with Crippen LogP contribution < -0.4 is 4.67 Å². The Labute approximate surface area is 280 Å². The average molecular weight is 640 g/mol. The lowest BCUT2D eigenvalue weighted by Crippen LogP contribution is -2.27. The molecule has 3 nitrogen and oxygen atoms in total. The normalized spacial score (nSPS) is 13.2. The molecule has 0 saturated carbocycles. The molecule has 9 rings (SSSR count). The molecule has 1 aromatic heterocycles. The van der Waals surface area contributed by atoms with Crippen LogP contribution in [0.1, 0.15) is 37.1 Å². The van der Waals surface area contributed by atoms with Gasteiger partial charge in [0.1, 0.15) is 11.2 Å². The Morgan fingerprint density at radius 3 is 1.25 bits per heavy atom. The number of rotatable bonds is 5. The first-order chi connectivity index (χ1) is 23.6. The third kappa shape index (κ3) is 4.86. The molecule has 0 amide bonds. The molecule has 0 spiro atoms. The van der Waals surface area contributed by atoms with E-state index in [-0.39, 0.29) is 12.1 Å². The molecule has 0 unspecified atom stereocenters. The minimum atomic E-state index is -1.62. The Balaban J connectivity index is 1.35. The zero-order valence-electron chi connectivity index (χ0n) is 26.9. The predicted molar refractivity (Wildman–Crippen MR) is 204 cm³/mol. The topological polar surface area (TPSA) is 29.5 Å². The third-order valence-electron chi connectivity index (χ3n) is 9.88. The van der Waals surface area contributed by atoms with Crippen molar-refractivity contribution in [3.8, 4) is 0 Å². The molecule has 1 heterocycles. The van der Waals surface area contributed by atoms with Crippen LogP contribution in [0.2, 0.25) is 0 Å². The van der Waals surface area contributed by atoms with E-state index in [1.165, 1.54) is 43.4 Å². The highest BCUT2D eigenvalue weighted by Gasteiger charge is 2.30. The van der Waals surface area contributed by atoms with Crippen molar-refractivity contribution in [1.29, 1.82) is 0 Å². The van der Waals surface area contributed by atoms with Gasteiger partial charge in [0.05, 0.1) is 0 Å². The molecule has 0 aliphatic heterocycles. The summed E-state index contributed by atoms with van der Waals surface area (Å²) in [5, 5.41) is 11.8. The summed E-state index contributed by atoms with van der Waals surface area (Å²) in [5.74, 6) is 0. The van der Waals surface area contributed by atoms with Crippen LogP contribution in [0.5, 0.6) is 0 Å². The number of nitrogens with zero attached hydrogens (tertiary/aromatic N) is 1. The van der Waals surface area contributed by atoms with Crippen LogP contribution in [0.4, 0.5) is 0 Å². The maximum atomic E-state index is 7.19. The van der Waals surface area contributed by atoms with Crippen molar-refractivity contribution >= 4 is 73.2 Å². The summed E-state index contributed by atoms with van der Waals surface area (Å²) in [4.78, 5) is 0. The lowest BCUT2D eigenvalue weighted by atomic mass is 9.99. The maximum Gasteiger partial charge on any atom is 0.310 e. The van der Waals surface area contributed by atoms with Gasteiger partial charge < -0.3 is 8.39 Å². The van der Waals surface area contributed by atoms with Crippen molar-refractivity contribution in [3.05, 3.63) is 169 Å². The standard InChI is InChI=1S/C44H34NO2P/c1-29(35-21-19-31-11-3-5-15-37(31)27-35)45(30(2)36-22-20-32-12-4-6-16-38(32)28-36)48-46-41-25-23-33-13-7-9-17-39(33)43(41)44-40-18-10-8-14-34(40)24-26-42(44)47-48/h3-30H,1-2H3/t29-,30-/m1/s1. The quantitative estimate of drug-likeness (QED) is 0.188.